The maximum Gasteiger partial charge on any atom is 0.315 e. The van der Waals surface area contributed by atoms with Gasteiger partial charge < -0.3 is 10.5 Å². The molecule has 0 radical (unpaired) electrons. The number of nitrogen functional groups attached to an aromatic ring is 1. The molecule has 0 unspecified atom stereocenters. The van der Waals surface area contributed by atoms with Crippen LogP contribution in [0.4, 0.5) is 5.69 Å². The van der Waals surface area contributed by atoms with E-state index in [1.807, 2.05) is 32.0 Å². The number of carbonyl (C=O) groups excluding carboxylic acids is 1. The van der Waals surface area contributed by atoms with Gasteiger partial charge in [0.1, 0.15) is 0 Å². The van der Waals surface area contributed by atoms with Gasteiger partial charge in [-0.1, -0.05) is 6.07 Å². The average Bonchev–Trinajstić information content (AvgIpc) is 2.20. The van der Waals surface area contributed by atoms with Crippen LogP contribution >= 0.6 is 22.6 Å². The number of ether oxygens (including phenoxy) is 1. The van der Waals surface area contributed by atoms with Crippen LogP contribution in [0.2, 0.25) is 0 Å². The van der Waals surface area contributed by atoms with E-state index in [-0.39, 0.29) is 5.97 Å². The van der Waals surface area contributed by atoms with Crippen LogP contribution in [0.1, 0.15) is 19.4 Å². The Kier molecular flexibility index (Phi) is 3.59. The van der Waals surface area contributed by atoms with Crippen molar-refractivity contribution in [2.24, 2.45) is 0 Å². The molecule has 1 aromatic carbocycles. The first kappa shape index (κ1) is 12.3. The van der Waals surface area contributed by atoms with Crippen LogP contribution in [0.25, 0.3) is 0 Å². The number of rotatable bonds is 2. The SMILES string of the molecule is COC(=O)C(C)(C)c1ccc(I)c(N)c1. The molecule has 4 heteroatoms. The minimum atomic E-state index is -0.660. The fourth-order valence-electron chi connectivity index (χ4n) is 1.31. The molecule has 3 nitrogen and oxygen atoms in total. The molecule has 0 bridgehead atoms. The monoisotopic (exact) mass is 319 g/mol. The van der Waals surface area contributed by atoms with Gasteiger partial charge in [-0.2, -0.15) is 0 Å². The van der Waals surface area contributed by atoms with Crippen molar-refractivity contribution in [2.45, 2.75) is 19.3 Å². The number of halogens is 1. The molecule has 0 saturated heterocycles. The fraction of sp³-hybridized carbons (Fsp3) is 0.364. The first-order valence-electron chi connectivity index (χ1n) is 4.53. The van der Waals surface area contributed by atoms with Gasteiger partial charge in [-0.05, 0) is 54.1 Å². The summed E-state index contributed by atoms with van der Waals surface area (Å²) in [6.45, 7) is 3.64. The number of methoxy groups -OCH3 is 1. The third-order valence-electron chi connectivity index (χ3n) is 2.41. The molecule has 0 amide bonds. The fourth-order valence-corrected chi connectivity index (χ4v) is 1.64. The van der Waals surface area contributed by atoms with Gasteiger partial charge in [0.05, 0.1) is 12.5 Å². The highest BCUT2D eigenvalue weighted by Gasteiger charge is 2.31. The predicted molar refractivity (Wildman–Crippen MR) is 68.6 cm³/mol. The zero-order valence-corrected chi connectivity index (χ0v) is 11.2. The Bertz CT molecular complexity index is 388. The molecule has 0 fully saturated rings. The number of esters is 1. The molecule has 1 rings (SSSR count). The lowest BCUT2D eigenvalue weighted by molar-refractivity contribution is -0.146. The second-order valence-corrected chi connectivity index (χ2v) is 5.02. The molecule has 0 aromatic heterocycles. The molecule has 15 heavy (non-hydrogen) atoms. The molecule has 0 aliphatic rings. The Morgan fingerprint density at radius 3 is 2.53 bits per heavy atom. The predicted octanol–water partition coefficient (Wildman–Crippen LogP) is 2.32. The van der Waals surface area contributed by atoms with Crippen LogP contribution in [0, 0.1) is 3.57 Å². The summed E-state index contributed by atoms with van der Waals surface area (Å²) in [6, 6.07) is 5.61. The third kappa shape index (κ3) is 2.42. The van der Waals surface area contributed by atoms with E-state index in [0.29, 0.717) is 5.69 Å². The number of hydrogen-bond acceptors (Lipinski definition) is 3. The number of nitrogens with two attached hydrogens (primary N) is 1. The molecule has 0 atom stereocenters. The Balaban J connectivity index is 3.16. The van der Waals surface area contributed by atoms with Crippen molar-refractivity contribution < 1.29 is 9.53 Å². The summed E-state index contributed by atoms with van der Waals surface area (Å²) in [5.41, 5.74) is 6.69. The van der Waals surface area contributed by atoms with E-state index in [2.05, 4.69) is 22.6 Å². The summed E-state index contributed by atoms with van der Waals surface area (Å²) in [4.78, 5) is 11.6. The molecule has 82 valence electrons. The number of benzene rings is 1. The van der Waals surface area contributed by atoms with Crippen LogP contribution in [0.5, 0.6) is 0 Å². The van der Waals surface area contributed by atoms with Gasteiger partial charge in [0.25, 0.3) is 0 Å². The highest BCUT2D eigenvalue weighted by Crippen LogP contribution is 2.28. The Labute approximate surface area is 103 Å². The minimum absolute atomic E-state index is 0.261. The van der Waals surface area contributed by atoms with Crippen molar-refractivity contribution in [1.82, 2.24) is 0 Å². The maximum atomic E-state index is 11.6. The van der Waals surface area contributed by atoms with Crippen LogP contribution in [0.15, 0.2) is 18.2 Å². The maximum absolute atomic E-state index is 11.6. The van der Waals surface area contributed by atoms with E-state index in [1.54, 1.807) is 0 Å². The summed E-state index contributed by atoms with van der Waals surface area (Å²) in [7, 11) is 1.39. The van der Waals surface area contributed by atoms with Crippen LogP contribution < -0.4 is 5.73 Å². The molecule has 0 saturated carbocycles. The lowest BCUT2D eigenvalue weighted by Crippen LogP contribution is -2.30. The summed E-state index contributed by atoms with van der Waals surface area (Å²) in [6.07, 6.45) is 0. The zero-order valence-electron chi connectivity index (χ0n) is 9.00. The molecule has 2 N–H and O–H groups in total. The standard InChI is InChI=1S/C11H14INO2/c1-11(2,10(14)15-3)7-4-5-8(12)9(13)6-7/h4-6H,13H2,1-3H3. The van der Waals surface area contributed by atoms with Gasteiger partial charge >= 0.3 is 5.97 Å². The zero-order chi connectivity index (χ0) is 11.6. The first-order chi connectivity index (χ1) is 6.89. The number of hydrogen-bond donors (Lipinski definition) is 1. The minimum Gasteiger partial charge on any atom is -0.468 e. The van der Waals surface area contributed by atoms with Crippen molar-refractivity contribution in [2.75, 3.05) is 12.8 Å². The lowest BCUT2D eigenvalue weighted by Gasteiger charge is -2.22. The summed E-state index contributed by atoms with van der Waals surface area (Å²) in [5, 5.41) is 0. The van der Waals surface area contributed by atoms with Crippen LogP contribution in [-0.2, 0) is 14.9 Å². The van der Waals surface area contributed by atoms with E-state index in [4.69, 9.17) is 10.5 Å². The van der Waals surface area contributed by atoms with E-state index in [1.165, 1.54) is 7.11 Å². The number of carbonyl (C=O) groups is 1. The quantitative estimate of drug-likeness (QED) is 0.517. The van der Waals surface area contributed by atoms with Crippen molar-refractivity contribution in [3.05, 3.63) is 27.3 Å². The van der Waals surface area contributed by atoms with Gasteiger partial charge in [0.15, 0.2) is 0 Å². The van der Waals surface area contributed by atoms with Gasteiger partial charge in [-0.3, -0.25) is 4.79 Å². The third-order valence-corrected chi connectivity index (χ3v) is 3.40. The summed E-state index contributed by atoms with van der Waals surface area (Å²) in [5.74, 6) is -0.261. The van der Waals surface area contributed by atoms with Crippen molar-refractivity contribution >= 4 is 34.2 Å². The molecule has 0 spiro atoms. The molecule has 0 aliphatic carbocycles. The number of anilines is 1. The largest absolute Gasteiger partial charge is 0.468 e. The van der Waals surface area contributed by atoms with Gasteiger partial charge in [0, 0.05) is 9.26 Å². The lowest BCUT2D eigenvalue weighted by atomic mass is 9.84. The van der Waals surface area contributed by atoms with Crippen LogP contribution in [0.3, 0.4) is 0 Å². The molecular weight excluding hydrogens is 305 g/mol. The average molecular weight is 319 g/mol. The highest BCUT2D eigenvalue weighted by molar-refractivity contribution is 14.1. The molecule has 0 aliphatic heterocycles. The normalized spacial score (nSPS) is 11.2. The molecule has 1 aromatic rings. The topological polar surface area (TPSA) is 52.3 Å². The van der Waals surface area contributed by atoms with Crippen molar-refractivity contribution in [1.29, 1.82) is 0 Å². The van der Waals surface area contributed by atoms with Gasteiger partial charge in [0.2, 0.25) is 0 Å². The van der Waals surface area contributed by atoms with Crippen molar-refractivity contribution in [3.63, 3.8) is 0 Å². The van der Waals surface area contributed by atoms with Crippen molar-refractivity contribution in [3.8, 4) is 0 Å². The Hall–Kier alpha value is -0.780. The molecule has 0 heterocycles. The van der Waals surface area contributed by atoms with Gasteiger partial charge in [-0.15, -0.1) is 0 Å². The molecular formula is C11H14INO2. The van der Waals surface area contributed by atoms with E-state index in [0.717, 1.165) is 9.13 Å². The van der Waals surface area contributed by atoms with E-state index < -0.39 is 5.41 Å². The highest BCUT2D eigenvalue weighted by atomic mass is 127. The summed E-state index contributed by atoms with van der Waals surface area (Å²) < 4.78 is 5.74. The second-order valence-electron chi connectivity index (χ2n) is 3.85. The summed E-state index contributed by atoms with van der Waals surface area (Å²) >= 11 is 2.15. The Morgan fingerprint density at radius 2 is 2.07 bits per heavy atom. The smallest absolute Gasteiger partial charge is 0.315 e. The second kappa shape index (κ2) is 4.38. The van der Waals surface area contributed by atoms with Crippen LogP contribution in [-0.4, -0.2) is 13.1 Å². The van der Waals surface area contributed by atoms with Gasteiger partial charge in [-0.25, -0.2) is 0 Å². The first-order valence-corrected chi connectivity index (χ1v) is 5.61. The van der Waals surface area contributed by atoms with E-state index in [9.17, 15) is 4.79 Å². The van der Waals surface area contributed by atoms with E-state index >= 15 is 0 Å². The Morgan fingerprint density at radius 1 is 1.47 bits per heavy atom.